The van der Waals surface area contributed by atoms with Gasteiger partial charge in [-0.2, -0.15) is 4.72 Å². The molecule has 0 saturated heterocycles. The fourth-order valence-corrected chi connectivity index (χ4v) is 2.56. The zero-order valence-corrected chi connectivity index (χ0v) is 13.4. The van der Waals surface area contributed by atoms with Crippen LogP contribution in [0, 0.1) is 0 Å². The van der Waals surface area contributed by atoms with Crippen LogP contribution in [-0.4, -0.2) is 42.9 Å². The smallest absolute Gasteiger partial charge is 0.244 e. The molecule has 118 valence electrons. The van der Waals surface area contributed by atoms with Gasteiger partial charge in [-0.05, 0) is 27.7 Å². The van der Waals surface area contributed by atoms with Crippen LogP contribution in [0.3, 0.4) is 0 Å². The van der Waals surface area contributed by atoms with E-state index in [0.29, 0.717) is 12.5 Å². The Balaban J connectivity index is 2.79. The number of nitrogens with zero attached hydrogens (tertiary/aromatic N) is 2. The predicted octanol–water partition coefficient (Wildman–Crippen LogP) is 0.0998. The molecule has 1 rings (SSSR count). The summed E-state index contributed by atoms with van der Waals surface area (Å²) in [6.45, 7) is 7.59. The van der Waals surface area contributed by atoms with E-state index in [0.717, 1.165) is 0 Å². The van der Waals surface area contributed by atoms with Crippen LogP contribution in [0.4, 0.5) is 5.95 Å². The van der Waals surface area contributed by atoms with Gasteiger partial charge in [0.25, 0.3) is 0 Å². The van der Waals surface area contributed by atoms with Crippen molar-refractivity contribution in [1.29, 1.82) is 0 Å². The molecule has 0 saturated carbocycles. The summed E-state index contributed by atoms with van der Waals surface area (Å²) >= 11 is 0. The van der Waals surface area contributed by atoms with Gasteiger partial charge in [-0.1, -0.05) is 0 Å². The maximum Gasteiger partial charge on any atom is 0.244 e. The average Bonchev–Trinajstić information content (AvgIpc) is 2.38. The molecule has 1 atom stereocenters. The summed E-state index contributed by atoms with van der Waals surface area (Å²) in [6, 6.07) is -0.946. The second-order valence-electron chi connectivity index (χ2n) is 4.78. The standard InChI is InChI=1S/C12H21N5O3S/c1-5-13-12-14-6-10(7-15-12)21(19,20)17-9(4)11(18)16-8(2)3/h6-9,17H,5H2,1-4H3,(H,16,18)(H,13,14,15). The van der Waals surface area contributed by atoms with Crippen LogP contribution in [0.2, 0.25) is 0 Å². The molecule has 0 aliphatic carbocycles. The van der Waals surface area contributed by atoms with Gasteiger partial charge < -0.3 is 10.6 Å². The van der Waals surface area contributed by atoms with Crippen molar-refractivity contribution in [3.05, 3.63) is 12.4 Å². The van der Waals surface area contributed by atoms with E-state index in [9.17, 15) is 13.2 Å². The molecule has 0 aliphatic rings. The lowest BCUT2D eigenvalue weighted by molar-refractivity contribution is -0.122. The molecule has 0 spiro atoms. The third-order valence-corrected chi connectivity index (χ3v) is 3.92. The quantitative estimate of drug-likeness (QED) is 0.658. The molecule has 0 fully saturated rings. The second kappa shape index (κ2) is 7.32. The molecule has 8 nitrogen and oxygen atoms in total. The lowest BCUT2D eigenvalue weighted by atomic mass is 10.3. The Morgan fingerprint density at radius 1 is 1.24 bits per heavy atom. The highest BCUT2D eigenvalue weighted by molar-refractivity contribution is 7.89. The van der Waals surface area contributed by atoms with Crippen LogP contribution in [0.5, 0.6) is 0 Å². The first-order chi connectivity index (χ1) is 9.76. The minimum atomic E-state index is -3.84. The highest BCUT2D eigenvalue weighted by Gasteiger charge is 2.23. The largest absolute Gasteiger partial charge is 0.355 e. The van der Waals surface area contributed by atoms with Crippen molar-refractivity contribution in [3.63, 3.8) is 0 Å². The van der Waals surface area contributed by atoms with Crippen molar-refractivity contribution in [2.75, 3.05) is 11.9 Å². The van der Waals surface area contributed by atoms with Crippen LogP contribution in [0.15, 0.2) is 17.3 Å². The molecule has 0 aliphatic heterocycles. The van der Waals surface area contributed by atoms with Gasteiger partial charge in [0.1, 0.15) is 4.90 Å². The lowest BCUT2D eigenvalue weighted by Gasteiger charge is -2.16. The lowest BCUT2D eigenvalue weighted by Crippen LogP contribution is -2.46. The minimum Gasteiger partial charge on any atom is -0.355 e. The zero-order chi connectivity index (χ0) is 16.0. The Labute approximate surface area is 124 Å². The molecule has 21 heavy (non-hydrogen) atoms. The summed E-state index contributed by atoms with van der Waals surface area (Å²) < 4.78 is 26.5. The van der Waals surface area contributed by atoms with Gasteiger partial charge >= 0.3 is 0 Å². The Hall–Kier alpha value is -1.74. The molecule has 1 heterocycles. The van der Waals surface area contributed by atoms with Crippen molar-refractivity contribution < 1.29 is 13.2 Å². The number of rotatable bonds is 7. The summed E-state index contributed by atoms with van der Waals surface area (Å²) in [5.74, 6) is -0.0409. The molecular weight excluding hydrogens is 294 g/mol. The highest BCUT2D eigenvalue weighted by Crippen LogP contribution is 2.08. The summed E-state index contributed by atoms with van der Waals surface area (Å²) in [4.78, 5) is 19.4. The summed E-state index contributed by atoms with van der Waals surface area (Å²) in [5.41, 5.74) is 0. The number of hydrogen-bond acceptors (Lipinski definition) is 6. The number of nitrogens with one attached hydrogen (secondary N) is 3. The second-order valence-corrected chi connectivity index (χ2v) is 6.49. The molecule has 1 aromatic rings. The van der Waals surface area contributed by atoms with E-state index in [-0.39, 0.29) is 10.9 Å². The third-order valence-electron chi connectivity index (χ3n) is 2.43. The summed E-state index contributed by atoms with van der Waals surface area (Å²) in [5, 5.41) is 5.50. The molecular formula is C12H21N5O3S. The number of amides is 1. The van der Waals surface area contributed by atoms with E-state index in [1.807, 2.05) is 6.92 Å². The number of sulfonamides is 1. The molecule has 3 N–H and O–H groups in total. The van der Waals surface area contributed by atoms with Crippen molar-refractivity contribution in [2.24, 2.45) is 0 Å². The van der Waals surface area contributed by atoms with Gasteiger partial charge in [0, 0.05) is 12.6 Å². The highest BCUT2D eigenvalue weighted by atomic mass is 32.2. The topological polar surface area (TPSA) is 113 Å². The summed E-state index contributed by atoms with van der Waals surface area (Å²) in [6.07, 6.45) is 2.39. The average molecular weight is 315 g/mol. The van der Waals surface area contributed by atoms with E-state index in [1.54, 1.807) is 13.8 Å². The predicted molar refractivity (Wildman–Crippen MR) is 79.3 cm³/mol. The van der Waals surface area contributed by atoms with Crippen molar-refractivity contribution in [2.45, 2.75) is 44.7 Å². The monoisotopic (exact) mass is 315 g/mol. The third kappa shape index (κ3) is 5.27. The molecule has 0 radical (unpaired) electrons. The molecule has 0 aromatic carbocycles. The minimum absolute atomic E-state index is 0.0628. The summed E-state index contributed by atoms with van der Waals surface area (Å²) in [7, 11) is -3.84. The van der Waals surface area contributed by atoms with Gasteiger partial charge in [0.05, 0.1) is 18.4 Å². The van der Waals surface area contributed by atoms with Crippen molar-refractivity contribution >= 4 is 21.9 Å². The van der Waals surface area contributed by atoms with E-state index in [2.05, 4.69) is 25.3 Å². The van der Waals surface area contributed by atoms with E-state index < -0.39 is 22.0 Å². The first-order valence-corrected chi connectivity index (χ1v) is 8.13. The van der Waals surface area contributed by atoms with Gasteiger partial charge in [-0.3, -0.25) is 4.79 Å². The molecule has 0 bridgehead atoms. The number of anilines is 1. The van der Waals surface area contributed by atoms with Crippen LogP contribution >= 0.6 is 0 Å². The van der Waals surface area contributed by atoms with Crippen LogP contribution in [-0.2, 0) is 14.8 Å². The fourth-order valence-electron chi connectivity index (χ4n) is 1.47. The fraction of sp³-hybridized carbons (Fsp3) is 0.583. The Bertz CT molecular complexity index is 571. The van der Waals surface area contributed by atoms with Crippen molar-refractivity contribution in [1.82, 2.24) is 20.0 Å². The number of hydrogen-bond donors (Lipinski definition) is 3. The van der Waals surface area contributed by atoms with Gasteiger partial charge in [-0.25, -0.2) is 18.4 Å². The molecule has 1 unspecified atom stereocenters. The number of carbonyl (C=O) groups excluding carboxylic acids is 1. The number of aromatic nitrogens is 2. The van der Waals surface area contributed by atoms with E-state index in [1.165, 1.54) is 19.3 Å². The maximum absolute atomic E-state index is 12.1. The maximum atomic E-state index is 12.1. The van der Waals surface area contributed by atoms with E-state index >= 15 is 0 Å². The van der Waals surface area contributed by atoms with Gasteiger partial charge in [0.2, 0.25) is 21.9 Å². The van der Waals surface area contributed by atoms with Crippen LogP contribution in [0.1, 0.15) is 27.7 Å². The van der Waals surface area contributed by atoms with Gasteiger partial charge in [-0.15, -0.1) is 0 Å². The Kier molecular flexibility index (Phi) is 6.03. The molecule has 9 heteroatoms. The first kappa shape index (κ1) is 17.3. The van der Waals surface area contributed by atoms with E-state index in [4.69, 9.17) is 0 Å². The van der Waals surface area contributed by atoms with Gasteiger partial charge in [0.15, 0.2) is 0 Å². The Morgan fingerprint density at radius 2 is 1.81 bits per heavy atom. The SMILES string of the molecule is CCNc1ncc(S(=O)(=O)NC(C)C(=O)NC(C)C)cn1. The van der Waals surface area contributed by atoms with Crippen LogP contribution in [0.25, 0.3) is 0 Å². The zero-order valence-electron chi connectivity index (χ0n) is 12.5. The molecule has 1 amide bonds. The Morgan fingerprint density at radius 3 is 2.29 bits per heavy atom. The first-order valence-electron chi connectivity index (χ1n) is 6.65. The normalized spacial score (nSPS) is 13.0. The van der Waals surface area contributed by atoms with Crippen LogP contribution < -0.4 is 15.4 Å². The molecule has 1 aromatic heterocycles. The van der Waals surface area contributed by atoms with Crippen molar-refractivity contribution in [3.8, 4) is 0 Å². The number of carbonyl (C=O) groups is 1.